The number of methoxy groups -OCH3 is 1. The zero-order chi connectivity index (χ0) is 17.6. The molecule has 0 bridgehead atoms. The fourth-order valence-corrected chi connectivity index (χ4v) is 3.20. The fourth-order valence-electron chi connectivity index (χ4n) is 3.20. The topological polar surface area (TPSA) is 67.4 Å². The van der Waals surface area contributed by atoms with Gasteiger partial charge < -0.3 is 15.0 Å². The van der Waals surface area contributed by atoms with Crippen molar-refractivity contribution in [2.75, 3.05) is 23.9 Å². The van der Waals surface area contributed by atoms with Crippen LogP contribution in [-0.2, 0) is 0 Å². The molecule has 6 heteroatoms. The standard InChI is InChI=1S/C19H24N4O2/c1-3-15-6-4-5-13-23(15)18-12-11-17(21-22-18)20-19(24)14-7-9-16(25-2)10-8-14/h7-12,15H,3-6,13H2,1-2H3,(H,20,21,24). The second-order valence-corrected chi connectivity index (χ2v) is 6.21. The molecule has 132 valence electrons. The Morgan fingerprint density at radius 2 is 2.00 bits per heavy atom. The smallest absolute Gasteiger partial charge is 0.256 e. The largest absolute Gasteiger partial charge is 0.497 e. The lowest BCUT2D eigenvalue weighted by atomic mass is 10.0. The number of amides is 1. The van der Waals surface area contributed by atoms with Crippen LogP contribution in [0.2, 0.25) is 0 Å². The highest BCUT2D eigenvalue weighted by molar-refractivity contribution is 6.03. The second-order valence-electron chi connectivity index (χ2n) is 6.21. The van der Waals surface area contributed by atoms with Gasteiger partial charge in [-0.2, -0.15) is 0 Å². The minimum Gasteiger partial charge on any atom is -0.497 e. The molecule has 1 amide bonds. The lowest BCUT2D eigenvalue weighted by molar-refractivity contribution is 0.102. The molecule has 1 unspecified atom stereocenters. The molecule has 25 heavy (non-hydrogen) atoms. The van der Waals surface area contributed by atoms with E-state index in [1.807, 2.05) is 12.1 Å². The van der Waals surface area contributed by atoms with Crippen molar-refractivity contribution in [2.45, 2.75) is 38.6 Å². The highest BCUT2D eigenvalue weighted by Gasteiger charge is 2.22. The summed E-state index contributed by atoms with van der Waals surface area (Å²) in [7, 11) is 1.59. The number of rotatable bonds is 5. The van der Waals surface area contributed by atoms with Crippen LogP contribution in [0.25, 0.3) is 0 Å². The molecular formula is C19H24N4O2. The number of nitrogens with one attached hydrogen (secondary N) is 1. The van der Waals surface area contributed by atoms with Crippen molar-refractivity contribution in [1.82, 2.24) is 10.2 Å². The van der Waals surface area contributed by atoms with E-state index in [4.69, 9.17) is 4.74 Å². The first-order valence-electron chi connectivity index (χ1n) is 8.77. The number of carbonyl (C=O) groups excluding carboxylic acids is 1. The van der Waals surface area contributed by atoms with Gasteiger partial charge in [0, 0.05) is 18.2 Å². The van der Waals surface area contributed by atoms with Gasteiger partial charge in [0.1, 0.15) is 5.75 Å². The van der Waals surface area contributed by atoms with Crippen molar-refractivity contribution in [2.24, 2.45) is 0 Å². The van der Waals surface area contributed by atoms with Crippen molar-refractivity contribution in [3.05, 3.63) is 42.0 Å². The predicted octanol–water partition coefficient (Wildman–Crippen LogP) is 3.51. The maximum atomic E-state index is 12.3. The molecule has 1 aromatic carbocycles. The van der Waals surface area contributed by atoms with Gasteiger partial charge in [0.05, 0.1) is 7.11 Å². The SMILES string of the molecule is CCC1CCCCN1c1ccc(NC(=O)c2ccc(OC)cc2)nn1. The van der Waals surface area contributed by atoms with Gasteiger partial charge in [0.15, 0.2) is 11.6 Å². The van der Waals surface area contributed by atoms with Crippen LogP contribution in [0.3, 0.4) is 0 Å². The van der Waals surface area contributed by atoms with Crippen LogP contribution in [0.15, 0.2) is 36.4 Å². The maximum absolute atomic E-state index is 12.3. The fraction of sp³-hybridized carbons (Fsp3) is 0.421. The van der Waals surface area contributed by atoms with Gasteiger partial charge in [0.25, 0.3) is 5.91 Å². The van der Waals surface area contributed by atoms with E-state index in [0.29, 0.717) is 23.2 Å². The summed E-state index contributed by atoms with van der Waals surface area (Å²) in [5.74, 6) is 1.84. The molecule has 1 fully saturated rings. The molecule has 1 aromatic heterocycles. The third kappa shape index (κ3) is 4.07. The molecule has 1 atom stereocenters. The molecule has 0 radical (unpaired) electrons. The predicted molar refractivity (Wildman–Crippen MR) is 98.3 cm³/mol. The zero-order valence-electron chi connectivity index (χ0n) is 14.7. The minimum absolute atomic E-state index is 0.214. The summed E-state index contributed by atoms with van der Waals surface area (Å²) in [6.45, 7) is 3.23. The monoisotopic (exact) mass is 340 g/mol. The Bertz CT molecular complexity index is 700. The summed E-state index contributed by atoms with van der Waals surface area (Å²) in [6, 6.07) is 11.2. The average molecular weight is 340 g/mol. The second kappa shape index (κ2) is 7.96. The summed E-state index contributed by atoms with van der Waals surface area (Å²) >= 11 is 0. The number of aromatic nitrogens is 2. The third-order valence-corrected chi connectivity index (χ3v) is 4.64. The molecule has 0 saturated carbocycles. The van der Waals surface area contributed by atoms with Crippen LogP contribution in [0, 0.1) is 0 Å². The Balaban J connectivity index is 1.66. The lowest BCUT2D eigenvalue weighted by Crippen LogP contribution is -2.39. The summed E-state index contributed by atoms with van der Waals surface area (Å²) < 4.78 is 5.10. The van der Waals surface area contributed by atoms with Gasteiger partial charge in [-0.1, -0.05) is 6.92 Å². The Hall–Kier alpha value is -2.63. The molecule has 3 rings (SSSR count). The highest BCUT2D eigenvalue weighted by atomic mass is 16.5. The van der Waals surface area contributed by atoms with Gasteiger partial charge >= 0.3 is 0 Å². The number of hydrogen-bond donors (Lipinski definition) is 1. The Morgan fingerprint density at radius 3 is 2.64 bits per heavy atom. The van der Waals surface area contributed by atoms with E-state index in [1.165, 1.54) is 19.3 Å². The van der Waals surface area contributed by atoms with Crippen LogP contribution in [0.1, 0.15) is 43.0 Å². The first-order chi connectivity index (χ1) is 12.2. The zero-order valence-corrected chi connectivity index (χ0v) is 14.7. The number of ether oxygens (including phenoxy) is 1. The Kier molecular flexibility index (Phi) is 5.48. The summed E-state index contributed by atoms with van der Waals surface area (Å²) in [5, 5.41) is 11.3. The number of carbonyl (C=O) groups is 1. The number of benzene rings is 1. The van der Waals surface area contributed by atoms with E-state index in [0.717, 1.165) is 18.8 Å². The Morgan fingerprint density at radius 1 is 1.20 bits per heavy atom. The first kappa shape index (κ1) is 17.2. The van der Waals surface area contributed by atoms with Crippen LogP contribution < -0.4 is 15.0 Å². The summed E-state index contributed by atoms with van der Waals surface area (Å²) in [6.07, 6.45) is 4.78. The van der Waals surface area contributed by atoms with Crippen molar-refractivity contribution in [3.8, 4) is 5.75 Å². The minimum atomic E-state index is -0.214. The highest BCUT2D eigenvalue weighted by Crippen LogP contribution is 2.25. The molecule has 1 saturated heterocycles. The van der Waals surface area contributed by atoms with Crippen LogP contribution >= 0.6 is 0 Å². The number of piperidine rings is 1. The molecular weight excluding hydrogens is 316 g/mol. The van der Waals surface area contributed by atoms with Gasteiger partial charge in [-0.15, -0.1) is 10.2 Å². The third-order valence-electron chi connectivity index (χ3n) is 4.64. The van der Waals surface area contributed by atoms with E-state index in [-0.39, 0.29) is 5.91 Å². The first-order valence-corrected chi connectivity index (χ1v) is 8.77. The van der Waals surface area contributed by atoms with Gasteiger partial charge in [-0.3, -0.25) is 4.79 Å². The average Bonchev–Trinajstić information content (AvgIpc) is 2.68. The number of anilines is 2. The molecule has 1 aliphatic rings. The molecule has 6 nitrogen and oxygen atoms in total. The molecule has 2 aromatic rings. The summed E-state index contributed by atoms with van der Waals surface area (Å²) in [4.78, 5) is 14.6. The Labute approximate surface area is 148 Å². The van der Waals surface area contributed by atoms with Gasteiger partial charge in [0.2, 0.25) is 0 Å². The van der Waals surface area contributed by atoms with Crippen molar-refractivity contribution in [1.29, 1.82) is 0 Å². The number of nitrogens with zero attached hydrogens (tertiary/aromatic N) is 3. The van der Waals surface area contributed by atoms with Gasteiger partial charge in [-0.25, -0.2) is 0 Å². The quantitative estimate of drug-likeness (QED) is 0.902. The van der Waals surface area contributed by atoms with E-state index >= 15 is 0 Å². The van der Waals surface area contributed by atoms with Crippen molar-refractivity contribution < 1.29 is 9.53 Å². The van der Waals surface area contributed by atoms with E-state index < -0.39 is 0 Å². The van der Waals surface area contributed by atoms with Crippen LogP contribution in [-0.4, -0.2) is 35.8 Å². The van der Waals surface area contributed by atoms with Crippen LogP contribution in [0.5, 0.6) is 5.75 Å². The number of hydrogen-bond acceptors (Lipinski definition) is 5. The lowest BCUT2D eigenvalue weighted by Gasteiger charge is -2.35. The van der Waals surface area contributed by atoms with Crippen LogP contribution in [0.4, 0.5) is 11.6 Å². The molecule has 0 spiro atoms. The molecule has 1 N–H and O–H groups in total. The van der Waals surface area contributed by atoms with Gasteiger partial charge in [-0.05, 0) is 62.1 Å². The molecule has 2 heterocycles. The van der Waals surface area contributed by atoms with E-state index in [9.17, 15) is 4.79 Å². The van der Waals surface area contributed by atoms with E-state index in [2.05, 4.69) is 27.3 Å². The van der Waals surface area contributed by atoms with Crippen molar-refractivity contribution in [3.63, 3.8) is 0 Å². The maximum Gasteiger partial charge on any atom is 0.256 e. The molecule has 0 aliphatic carbocycles. The van der Waals surface area contributed by atoms with Crippen molar-refractivity contribution >= 4 is 17.5 Å². The summed E-state index contributed by atoms with van der Waals surface area (Å²) in [5.41, 5.74) is 0.550. The normalized spacial score (nSPS) is 17.2. The van der Waals surface area contributed by atoms with E-state index in [1.54, 1.807) is 31.4 Å². The molecule has 1 aliphatic heterocycles.